The first-order valence-electron chi connectivity index (χ1n) is 10.0. The van der Waals surface area contributed by atoms with Crippen LogP contribution < -0.4 is 5.32 Å². The molecule has 0 bridgehead atoms. The maximum atomic E-state index is 13.1. The number of hydrogen-bond donors (Lipinski definition) is 1. The highest BCUT2D eigenvalue weighted by Crippen LogP contribution is 2.41. The summed E-state index contributed by atoms with van der Waals surface area (Å²) in [6.45, 7) is 2.06. The molecular weight excluding hydrogens is 399 g/mol. The number of allylic oxidation sites excluding steroid dienone is 2. The SMILES string of the molecule is Cc1ccccc1C1C2=C(CCCC2=O)Nc2nc(SCc3ccc(F)cc3)nn21. The fourth-order valence-corrected chi connectivity index (χ4v) is 4.89. The van der Waals surface area contributed by atoms with E-state index in [1.165, 1.54) is 23.9 Å². The van der Waals surface area contributed by atoms with Crippen molar-refractivity contribution < 1.29 is 9.18 Å². The van der Waals surface area contributed by atoms with Crippen LogP contribution in [0.15, 0.2) is 65.0 Å². The highest BCUT2D eigenvalue weighted by molar-refractivity contribution is 7.98. The number of aryl methyl sites for hydroxylation is 1. The lowest BCUT2D eigenvalue weighted by molar-refractivity contribution is -0.116. The molecule has 30 heavy (non-hydrogen) atoms. The summed E-state index contributed by atoms with van der Waals surface area (Å²) < 4.78 is 15.0. The minimum Gasteiger partial charge on any atom is -0.328 e. The molecule has 1 aromatic heterocycles. The molecule has 0 amide bonds. The van der Waals surface area contributed by atoms with Gasteiger partial charge < -0.3 is 5.32 Å². The number of rotatable bonds is 4. The predicted octanol–water partition coefficient (Wildman–Crippen LogP) is 5.04. The number of aromatic nitrogens is 3. The maximum absolute atomic E-state index is 13.1. The molecule has 2 heterocycles. The lowest BCUT2D eigenvalue weighted by atomic mass is 9.84. The Balaban J connectivity index is 1.51. The normalized spacial score (nSPS) is 18.1. The Kier molecular flexibility index (Phi) is 4.90. The average Bonchev–Trinajstić information content (AvgIpc) is 3.15. The van der Waals surface area contributed by atoms with Crippen molar-refractivity contribution in [3.05, 3.63) is 82.3 Å². The zero-order valence-corrected chi connectivity index (χ0v) is 17.4. The Morgan fingerprint density at radius 2 is 1.97 bits per heavy atom. The molecule has 0 saturated heterocycles. The summed E-state index contributed by atoms with van der Waals surface area (Å²) in [5, 5.41) is 8.75. The molecular formula is C23H21FN4OS. The number of benzene rings is 2. The minimum absolute atomic E-state index is 0.179. The van der Waals surface area contributed by atoms with Crippen LogP contribution in [-0.2, 0) is 10.5 Å². The smallest absolute Gasteiger partial charge is 0.227 e. The summed E-state index contributed by atoms with van der Waals surface area (Å²) in [6.07, 6.45) is 2.26. The Morgan fingerprint density at radius 3 is 2.77 bits per heavy atom. The standard InChI is InChI=1S/C23H21FN4OS/c1-14-5-2-3-6-17(14)21-20-18(7-4-8-19(20)29)25-22-26-23(27-28(21)22)30-13-15-9-11-16(24)12-10-15/h2-3,5-6,9-12,21H,4,7-8,13H2,1H3,(H,25,26,27). The third kappa shape index (κ3) is 3.43. The van der Waals surface area contributed by atoms with E-state index in [1.54, 1.807) is 12.1 Å². The van der Waals surface area contributed by atoms with Crippen molar-refractivity contribution in [1.82, 2.24) is 14.8 Å². The summed E-state index contributed by atoms with van der Waals surface area (Å²) in [5.41, 5.74) is 4.97. The van der Waals surface area contributed by atoms with Gasteiger partial charge in [-0.15, -0.1) is 5.10 Å². The number of carbonyl (C=O) groups excluding carboxylic acids is 1. The number of nitrogens with one attached hydrogen (secondary N) is 1. The summed E-state index contributed by atoms with van der Waals surface area (Å²) in [6, 6.07) is 14.3. The van der Waals surface area contributed by atoms with E-state index in [4.69, 9.17) is 5.10 Å². The zero-order chi connectivity index (χ0) is 20.7. The Hall–Kier alpha value is -2.93. The number of halogens is 1. The van der Waals surface area contributed by atoms with Gasteiger partial charge >= 0.3 is 0 Å². The Bertz CT molecular complexity index is 1150. The van der Waals surface area contributed by atoms with Crippen molar-refractivity contribution in [2.45, 2.75) is 43.1 Å². The van der Waals surface area contributed by atoms with E-state index < -0.39 is 0 Å². The maximum Gasteiger partial charge on any atom is 0.227 e. The molecule has 0 spiro atoms. The molecule has 2 aliphatic rings. The van der Waals surface area contributed by atoms with Crippen LogP contribution in [-0.4, -0.2) is 20.5 Å². The van der Waals surface area contributed by atoms with Gasteiger partial charge in [0.25, 0.3) is 0 Å². The number of nitrogens with zero attached hydrogens (tertiary/aromatic N) is 3. The number of carbonyl (C=O) groups is 1. The van der Waals surface area contributed by atoms with Gasteiger partial charge in [0.1, 0.15) is 11.9 Å². The van der Waals surface area contributed by atoms with Crippen molar-refractivity contribution >= 4 is 23.5 Å². The summed E-state index contributed by atoms with van der Waals surface area (Å²) in [7, 11) is 0. The summed E-state index contributed by atoms with van der Waals surface area (Å²) in [5.74, 6) is 1.24. The third-order valence-corrected chi connectivity index (χ3v) is 6.52. The summed E-state index contributed by atoms with van der Waals surface area (Å²) in [4.78, 5) is 17.6. The Morgan fingerprint density at radius 1 is 1.17 bits per heavy atom. The summed E-state index contributed by atoms with van der Waals surface area (Å²) >= 11 is 1.50. The highest BCUT2D eigenvalue weighted by Gasteiger charge is 2.37. The van der Waals surface area contributed by atoms with Gasteiger partial charge in [-0.2, -0.15) is 4.98 Å². The fraction of sp³-hybridized carbons (Fsp3) is 0.261. The second kappa shape index (κ2) is 7.72. The van der Waals surface area contributed by atoms with Gasteiger partial charge in [-0.3, -0.25) is 4.79 Å². The van der Waals surface area contributed by atoms with Gasteiger partial charge in [0.05, 0.1) is 0 Å². The number of ketones is 1. The van der Waals surface area contributed by atoms with Crippen LogP contribution in [0.2, 0.25) is 0 Å². The van der Waals surface area contributed by atoms with E-state index in [0.29, 0.717) is 23.3 Å². The molecule has 0 saturated carbocycles. The van der Waals surface area contributed by atoms with E-state index in [9.17, 15) is 9.18 Å². The second-order valence-corrected chi connectivity index (χ2v) is 8.57. The van der Waals surface area contributed by atoms with Crippen molar-refractivity contribution in [1.29, 1.82) is 0 Å². The van der Waals surface area contributed by atoms with Gasteiger partial charge in [-0.25, -0.2) is 9.07 Å². The van der Waals surface area contributed by atoms with Crippen LogP contribution in [0.4, 0.5) is 10.3 Å². The van der Waals surface area contributed by atoms with Gasteiger partial charge in [-0.1, -0.05) is 48.2 Å². The molecule has 3 aromatic rings. The number of thioether (sulfide) groups is 1. The lowest BCUT2D eigenvalue weighted by Crippen LogP contribution is -2.31. The van der Waals surface area contributed by atoms with E-state index in [1.807, 2.05) is 16.8 Å². The molecule has 1 atom stereocenters. The van der Waals surface area contributed by atoms with Crippen LogP contribution in [0.1, 0.15) is 42.0 Å². The third-order valence-electron chi connectivity index (χ3n) is 5.61. The molecule has 5 nitrogen and oxygen atoms in total. The van der Waals surface area contributed by atoms with Crippen molar-refractivity contribution in [3.8, 4) is 0 Å². The molecule has 5 rings (SSSR count). The molecule has 0 radical (unpaired) electrons. The number of Topliss-reactive ketones (excluding diaryl/α,β-unsaturated/α-hetero) is 1. The lowest BCUT2D eigenvalue weighted by Gasteiger charge is -2.32. The van der Waals surface area contributed by atoms with Crippen LogP contribution in [0.5, 0.6) is 0 Å². The minimum atomic E-state index is -0.266. The number of fused-ring (bicyclic) bond motifs is 1. The quantitative estimate of drug-likeness (QED) is 0.599. The topological polar surface area (TPSA) is 59.8 Å². The van der Waals surface area contributed by atoms with Crippen LogP contribution >= 0.6 is 11.8 Å². The van der Waals surface area contributed by atoms with Gasteiger partial charge in [0, 0.05) is 23.4 Å². The highest BCUT2D eigenvalue weighted by atomic mass is 32.2. The van der Waals surface area contributed by atoms with Crippen molar-refractivity contribution in [2.75, 3.05) is 5.32 Å². The van der Waals surface area contributed by atoms with Crippen molar-refractivity contribution in [3.63, 3.8) is 0 Å². The van der Waals surface area contributed by atoms with Crippen molar-refractivity contribution in [2.24, 2.45) is 0 Å². The van der Waals surface area contributed by atoms with Crippen LogP contribution in [0.3, 0.4) is 0 Å². The number of anilines is 1. The molecule has 7 heteroatoms. The molecule has 2 aromatic carbocycles. The zero-order valence-electron chi connectivity index (χ0n) is 16.6. The predicted molar refractivity (Wildman–Crippen MR) is 115 cm³/mol. The average molecular weight is 421 g/mol. The van der Waals surface area contributed by atoms with Crippen LogP contribution in [0, 0.1) is 12.7 Å². The Labute approximate surface area is 178 Å². The second-order valence-electron chi connectivity index (χ2n) is 7.63. The largest absolute Gasteiger partial charge is 0.328 e. The van der Waals surface area contributed by atoms with Gasteiger partial charge in [-0.05, 0) is 48.6 Å². The molecule has 152 valence electrons. The first kappa shape index (κ1) is 19.1. The van der Waals surface area contributed by atoms with E-state index >= 15 is 0 Å². The number of hydrogen-bond acceptors (Lipinski definition) is 5. The fourth-order valence-electron chi connectivity index (χ4n) is 4.11. The van der Waals surface area contributed by atoms with E-state index in [-0.39, 0.29) is 17.6 Å². The van der Waals surface area contributed by atoms with E-state index in [0.717, 1.165) is 40.8 Å². The van der Waals surface area contributed by atoms with E-state index in [2.05, 4.69) is 29.4 Å². The molecule has 0 fully saturated rings. The molecule has 1 unspecified atom stereocenters. The first-order valence-corrected chi connectivity index (χ1v) is 11.0. The first-order chi connectivity index (χ1) is 14.6. The van der Waals surface area contributed by atoms with Gasteiger partial charge in [0.15, 0.2) is 5.78 Å². The molecule has 1 N–H and O–H groups in total. The van der Waals surface area contributed by atoms with Gasteiger partial charge in [0.2, 0.25) is 11.1 Å². The van der Waals surface area contributed by atoms with Crippen LogP contribution in [0.25, 0.3) is 0 Å². The monoisotopic (exact) mass is 420 g/mol. The molecule has 1 aliphatic carbocycles. The molecule has 1 aliphatic heterocycles.